The van der Waals surface area contributed by atoms with E-state index in [4.69, 9.17) is 9.84 Å². The lowest BCUT2D eigenvalue weighted by Gasteiger charge is -2.09. The van der Waals surface area contributed by atoms with Crippen LogP contribution in [0, 0.1) is 24.7 Å². The first-order valence-corrected chi connectivity index (χ1v) is 5.46. The second-order valence-corrected chi connectivity index (χ2v) is 4.14. The first-order chi connectivity index (χ1) is 7.63. The summed E-state index contributed by atoms with van der Waals surface area (Å²) in [6.45, 7) is 6.84. The van der Waals surface area contributed by atoms with Crippen molar-refractivity contribution in [2.75, 3.05) is 13.2 Å². The summed E-state index contributed by atoms with van der Waals surface area (Å²) >= 11 is 0. The molecular weight excluding hydrogens is 200 g/mol. The van der Waals surface area contributed by atoms with E-state index in [-0.39, 0.29) is 6.61 Å². The highest BCUT2D eigenvalue weighted by Gasteiger charge is 2.00. The van der Waals surface area contributed by atoms with Crippen molar-refractivity contribution >= 4 is 0 Å². The Labute approximate surface area is 97.3 Å². The summed E-state index contributed by atoms with van der Waals surface area (Å²) in [5, 5.41) is 8.62. The Morgan fingerprint density at radius 3 is 2.69 bits per heavy atom. The zero-order valence-electron chi connectivity index (χ0n) is 10.1. The zero-order chi connectivity index (χ0) is 12.0. The molecule has 0 heterocycles. The van der Waals surface area contributed by atoms with Crippen LogP contribution >= 0.6 is 0 Å². The molecule has 0 amide bonds. The number of hydrogen-bond acceptors (Lipinski definition) is 2. The topological polar surface area (TPSA) is 29.5 Å². The molecule has 1 rings (SSSR count). The monoisotopic (exact) mass is 218 g/mol. The van der Waals surface area contributed by atoms with Crippen LogP contribution in [0.15, 0.2) is 18.2 Å². The molecule has 1 aromatic rings. The van der Waals surface area contributed by atoms with Gasteiger partial charge in [-0.1, -0.05) is 25.7 Å². The summed E-state index contributed by atoms with van der Waals surface area (Å²) in [7, 11) is 0. The van der Waals surface area contributed by atoms with Gasteiger partial charge in [0.1, 0.15) is 12.4 Å². The number of rotatable bonds is 3. The maximum absolute atomic E-state index is 8.62. The Bertz CT molecular complexity index is 397. The van der Waals surface area contributed by atoms with Crippen LogP contribution in [0.1, 0.15) is 25.0 Å². The Kier molecular flexibility index (Phi) is 4.88. The molecule has 0 aliphatic heterocycles. The normalized spacial score (nSPS) is 9.81. The van der Waals surface area contributed by atoms with Crippen LogP contribution in [0.4, 0.5) is 0 Å². The lowest BCUT2D eigenvalue weighted by molar-refractivity contribution is 0.271. The van der Waals surface area contributed by atoms with Gasteiger partial charge in [0.25, 0.3) is 0 Å². The highest BCUT2D eigenvalue weighted by molar-refractivity contribution is 5.44. The molecule has 0 aliphatic carbocycles. The number of ether oxygens (including phenoxy) is 1. The summed E-state index contributed by atoms with van der Waals surface area (Å²) in [5.74, 6) is 6.94. The van der Waals surface area contributed by atoms with Crippen molar-refractivity contribution in [1.82, 2.24) is 0 Å². The molecule has 86 valence electrons. The Balaban J connectivity index is 2.74. The standard InChI is InChI=1S/C14H18O2/c1-11(2)10-16-14-7-6-13(5-4-8-15)12(3)9-14/h6-7,9,11,15H,8,10H2,1-3H3. The van der Waals surface area contributed by atoms with E-state index in [9.17, 15) is 0 Å². The highest BCUT2D eigenvalue weighted by atomic mass is 16.5. The Morgan fingerprint density at radius 1 is 1.38 bits per heavy atom. The van der Waals surface area contributed by atoms with Crippen molar-refractivity contribution in [2.45, 2.75) is 20.8 Å². The van der Waals surface area contributed by atoms with Crippen LogP contribution in [-0.4, -0.2) is 18.3 Å². The van der Waals surface area contributed by atoms with E-state index in [1.54, 1.807) is 0 Å². The molecule has 0 aromatic heterocycles. The third-order valence-corrected chi connectivity index (χ3v) is 2.08. The predicted octanol–water partition coefficient (Wildman–Crippen LogP) is 2.37. The molecule has 0 aliphatic rings. The molecule has 0 saturated heterocycles. The molecule has 1 N–H and O–H groups in total. The lowest BCUT2D eigenvalue weighted by atomic mass is 10.1. The number of benzene rings is 1. The largest absolute Gasteiger partial charge is 0.493 e. The van der Waals surface area contributed by atoms with Gasteiger partial charge in [0.2, 0.25) is 0 Å². The highest BCUT2D eigenvalue weighted by Crippen LogP contribution is 2.17. The van der Waals surface area contributed by atoms with Gasteiger partial charge in [0, 0.05) is 5.56 Å². The van der Waals surface area contributed by atoms with Gasteiger partial charge < -0.3 is 9.84 Å². The van der Waals surface area contributed by atoms with Crippen molar-refractivity contribution in [3.05, 3.63) is 29.3 Å². The Hall–Kier alpha value is -1.46. The van der Waals surface area contributed by atoms with E-state index >= 15 is 0 Å². The molecule has 0 spiro atoms. The van der Waals surface area contributed by atoms with Gasteiger partial charge in [-0.25, -0.2) is 0 Å². The fourth-order valence-electron chi connectivity index (χ4n) is 1.26. The number of aliphatic hydroxyl groups excluding tert-OH is 1. The van der Waals surface area contributed by atoms with Crippen LogP contribution < -0.4 is 4.74 Å². The van der Waals surface area contributed by atoms with Crippen molar-refractivity contribution in [3.8, 4) is 17.6 Å². The van der Waals surface area contributed by atoms with E-state index in [0.717, 1.165) is 23.5 Å². The lowest BCUT2D eigenvalue weighted by Crippen LogP contribution is -2.04. The predicted molar refractivity (Wildman–Crippen MR) is 65.5 cm³/mol. The minimum Gasteiger partial charge on any atom is -0.493 e. The van der Waals surface area contributed by atoms with Gasteiger partial charge in [-0.3, -0.25) is 0 Å². The maximum Gasteiger partial charge on any atom is 0.119 e. The van der Waals surface area contributed by atoms with Crippen molar-refractivity contribution in [3.63, 3.8) is 0 Å². The molecule has 0 bridgehead atoms. The summed E-state index contributed by atoms with van der Waals surface area (Å²) in [5.41, 5.74) is 2.01. The minimum atomic E-state index is -0.106. The summed E-state index contributed by atoms with van der Waals surface area (Å²) in [6.07, 6.45) is 0. The van der Waals surface area contributed by atoms with E-state index in [1.807, 2.05) is 25.1 Å². The molecule has 0 radical (unpaired) electrons. The maximum atomic E-state index is 8.62. The van der Waals surface area contributed by atoms with Gasteiger partial charge in [-0.05, 0) is 36.6 Å². The fourth-order valence-corrected chi connectivity index (χ4v) is 1.26. The smallest absolute Gasteiger partial charge is 0.119 e. The average molecular weight is 218 g/mol. The molecule has 0 unspecified atom stereocenters. The summed E-state index contributed by atoms with van der Waals surface area (Å²) in [4.78, 5) is 0. The molecule has 2 nitrogen and oxygen atoms in total. The van der Waals surface area contributed by atoms with E-state index in [1.165, 1.54) is 0 Å². The van der Waals surface area contributed by atoms with Crippen molar-refractivity contribution in [1.29, 1.82) is 0 Å². The minimum absolute atomic E-state index is 0.106. The van der Waals surface area contributed by atoms with Crippen LogP contribution in [0.3, 0.4) is 0 Å². The van der Waals surface area contributed by atoms with Gasteiger partial charge in [0.15, 0.2) is 0 Å². The number of aryl methyl sites for hydroxylation is 1. The van der Waals surface area contributed by atoms with Gasteiger partial charge >= 0.3 is 0 Å². The van der Waals surface area contributed by atoms with E-state index in [0.29, 0.717) is 5.92 Å². The molecule has 0 fully saturated rings. The number of hydrogen-bond donors (Lipinski definition) is 1. The van der Waals surface area contributed by atoms with E-state index < -0.39 is 0 Å². The molecule has 1 aromatic carbocycles. The second-order valence-electron chi connectivity index (χ2n) is 4.14. The molecule has 16 heavy (non-hydrogen) atoms. The van der Waals surface area contributed by atoms with Gasteiger partial charge in [-0.2, -0.15) is 0 Å². The van der Waals surface area contributed by atoms with Crippen LogP contribution in [0.5, 0.6) is 5.75 Å². The quantitative estimate of drug-likeness (QED) is 0.789. The van der Waals surface area contributed by atoms with Gasteiger partial charge in [-0.15, -0.1) is 0 Å². The fraction of sp³-hybridized carbons (Fsp3) is 0.429. The van der Waals surface area contributed by atoms with E-state index in [2.05, 4.69) is 25.7 Å². The Morgan fingerprint density at radius 2 is 2.12 bits per heavy atom. The van der Waals surface area contributed by atoms with Crippen LogP contribution in [-0.2, 0) is 0 Å². The third-order valence-electron chi connectivity index (χ3n) is 2.08. The van der Waals surface area contributed by atoms with Crippen molar-refractivity contribution in [2.24, 2.45) is 5.92 Å². The zero-order valence-corrected chi connectivity index (χ0v) is 10.1. The molecule has 0 atom stereocenters. The number of aliphatic hydroxyl groups is 1. The van der Waals surface area contributed by atoms with Crippen molar-refractivity contribution < 1.29 is 9.84 Å². The first-order valence-electron chi connectivity index (χ1n) is 5.46. The first kappa shape index (κ1) is 12.6. The second kappa shape index (κ2) is 6.19. The average Bonchev–Trinajstić information content (AvgIpc) is 2.25. The summed E-state index contributed by atoms with van der Waals surface area (Å²) in [6, 6.07) is 5.81. The third kappa shape index (κ3) is 3.96. The molecule has 0 saturated carbocycles. The summed E-state index contributed by atoms with van der Waals surface area (Å²) < 4.78 is 5.61. The van der Waals surface area contributed by atoms with Crippen LogP contribution in [0.25, 0.3) is 0 Å². The van der Waals surface area contributed by atoms with Gasteiger partial charge in [0.05, 0.1) is 6.61 Å². The SMILES string of the molecule is Cc1cc(OCC(C)C)ccc1C#CCO. The van der Waals surface area contributed by atoms with Crippen LogP contribution in [0.2, 0.25) is 0 Å². The molecule has 2 heteroatoms. The molecular formula is C14H18O2.